The third-order valence-electron chi connectivity index (χ3n) is 10.1. The minimum atomic E-state index is -0.505. The number of ketones is 1. The van der Waals surface area contributed by atoms with Gasteiger partial charge in [-0.3, -0.25) is 4.79 Å². The predicted molar refractivity (Wildman–Crippen MR) is 98.4 cm³/mol. The second-order valence-corrected chi connectivity index (χ2v) is 10.9. The minimum Gasteiger partial charge on any atom is -0.389 e. The molecule has 9 atom stereocenters. The van der Waals surface area contributed by atoms with Gasteiger partial charge < -0.3 is 9.84 Å². The molecule has 1 saturated heterocycles. The Balaban J connectivity index is 1.46. The van der Waals surface area contributed by atoms with E-state index in [1.807, 2.05) is 6.08 Å². The molecule has 1 heterocycles. The highest BCUT2D eigenvalue weighted by atomic mass is 16.6. The fourth-order valence-corrected chi connectivity index (χ4v) is 8.76. The standard InChI is InChI=1S/C23H32O3/c1-4-7-22(25)9-6-16-19-15-11-14(15)17-10-13(24)5-8-20(17,2)23(19)18(26-23)12-21(16,22)3/h10,14-16,18-19,25H,4-9,11-12H2,1-3H3/t14-,15+,16+,18-,19+,20+,21+,22+,23-/m1/s1. The van der Waals surface area contributed by atoms with Gasteiger partial charge in [-0.1, -0.05) is 32.8 Å². The SMILES string of the molecule is CCC[C@]1(O)CC[C@H]2[C@@H]3[C@H]4C[C@H]4C4=CC(=O)CC[C@]4(C)[C@]34O[C@@H]4C[C@@]21C. The van der Waals surface area contributed by atoms with Gasteiger partial charge in [-0.05, 0) is 68.3 Å². The van der Waals surface area contributed by atoms with Crippen molar-refractivity contribution in [3.05, 3.63) is 11.6 Å². The molecule has 0 radical (unpaired) electrons. The van der Waals surface area contributed by atoms with Crippen molar-refractivity contribution in [2.45, 2.75) is 89.4 Å². The van der Waals surface area contributed by atoms with Crippen LogP contribution in [-0.4, -0.2) is 28.2 Å². The van der Waals surface area contributed by atoms with E-state index in [0.29, 0.717) is 42.0 Å². The summed E-state index contributed by atoms with van der Waals surface area (Å²) in [4.78, 5) is 12.1. The van der Waals surface area contributed by atoms with Crippen LogP contribution in [0.3, 0.4) is 0 Å². The molecule has 0 aromatic carbocycles. The van der Waals surface area contributed by atoms with Gasteiger partial charge in [0.2, 0.25) is 0 Å². The highest BCUT2D eigenvalue weighted by Crippen LogP contribution is 2.82. The summed E-state index contributed by atoms with van der Waals surface area (Å²) >= 11 is 0. The van der Waals surface area contributed by atoms with Crippen LogP contribution in [0, 0.1) is 34.5 Å². The summed E-state index contributed by atoms with van der Waals surface area (Å²) in [5.41, 5.74) is 0.963. The van der Waals surface area contributed by atoms with Gasteiger partial charge in [0, 0.05) is 17.3 Å². The Morgan fingerprint density at radius 3 is 2.88 bits per heavy atom. The molecular weight excluding hydrogens is 324 g/mol. The highest BCUT2D eigenvalue weighted by Gasteiger charge is 2.84. The van der Waals surface area contributed by atoms with Gasteiger partial charge >= 0.3 is 0 Å². The van der Waals surface area contributed by atoms with E-state index in [9.17, 15) is 9.90 Å². The Kier molecular flexibility index (Phi) is 2.81. The molecule has 0 aromatic heterocycles. The normalized spacial score (nSPS) is 61.6. The predicted octanol–water partition coefficient (Wildman–Crippen LogP) is 4.04. The van der Waals surface area contributed by atoms with E-state index in [0.717, 1.165) is 38.5 Å². The average Bonchev–Trinajstić information content (AvgIpc) is 3.47. The van der Waals surface area contributed by atoms with Crippen LogP contribution < -0.4 is 0 Å². The van der Waals surface area contributed by atoms with E-state index in [2.05, 4.69) is 20.8 Å². The maximum Gasteiger partial charge on any atom is 0.155 e. The van der Waals surface area contributed by atoms with Gasteiger partial charge in [-0.15, -0.1) is 0 Å². The zero-order chi connectivity index (χ0) is 18.1. The molecule has 4 saturated carbocycles. The summed E-state index contributed by atoms with van der Waals surface area (Å²) in [6.45, 7) is 6.98. The van der Waals surface area contributed by atoms with Crippen LogP contribution in [0.5, 0.6) is 0 Å². The quantitative estimate of drug-likeness (QED) is 0.760. The largest absolute Gasteiger partial charge is 0.389 e. The van der Waals surface area contributed by atoms with Crippen LogP contribution in [0.4, 0.5) is 0 Å². The fourth-order valence-electron chi connectivity index (χ4n) is 8.76. The van der Waals surface area contributed by atoms with Crippen molar-refractivity contribution in [2.24, 2.45) is 34.5 Å². The number of ether oxygens (including phenoxy) is 1. The Morgan fingerprint density at radius 1 is 1.31 bits per heavy atom. The summed E-state index contributed by atoms with van der Waals surface area (Å²) in [6.07, 6.45) is 10.3. The molecule has 6 aliphatic rings. The number of rotatable bonds is 2. The van der Waals surface area contributed by atoms with E-state index in [-0.39, 0.29) is 16.4 Å². The maximum atomic E-state index is 12.1. The number of fused-ring (bicyclic) bond motifs is 6. The first-order valence-corrected chi connectivity index (χ1v) is 11.0. The van der Waals surface area contributed by atoms with Crippen LogP contribution in [0.15, 0.2) is 11.6 Å². The van der Waals surface area contributed by atoms with Crippen LogP contribution in [-0.2, 0) is 9.53 Å². The van der Waals surface area contributed by atoms with Gasteiger partial charge in [0.05, 0.1) is 11.7 Å². The molecule has 3 nitrogen and oxygen atoms in total. The van der Waals surface area contributed by atoms with Gasteiger partial charge in [0.1, 0.15) is 5.60 Å². The van der Waals surface area contributed by atoms with Gasteiger partial charge in [0.25, 0.3) is 0 Å². The number of hydrogen-bond acceptors (Lipinski definition) is 3. The third kappa shape index (κ3) is 1.53. The minimum absolute atomic E-state index is 0.00749. The van der Waals surface area contributed by atoms with E-state index >= 15 is 0 Å². The summed E-state index contributed by atoms with van der Waals surface area (Å²) < 4.78 is 6.68. The van der Waals surface area contributed by atoms with Crippen LogP contribution in [0.2, 0.25) is 0 Å². The topological polar surface area (TPSA) is 49.8 Å². The van der Waals surface area contributed by atoms with Gasteiger partial charge in [-0.25, -0.2) is 0 Å². The van der Waals surface area contributed by atoms with Crippen LogP contribution in [0.25, 0.3) is 0 Å². The summed E-state index contributed by atoms with van der Waals surface area (Å²) in [6, 6.07) is 0. The lowest BCUT2D eigenvalue weighted by atomic mass is 9.46. The van der Waals surface area contributed by atoms with Crippen LogP contribution >= 0.6 is 0 Å². The molecule has 0 aromatic rings. The molecule has 0 amide bonds. The first-order chi connectivity index (χ1) is 12.3. The third-order valence-corrected chi connectivity index (χ3v) is 10.1. The van der Waals surface area contributed by atoms with Crippen molar-refractivity contribution in [1.29, 1.82) is 0 Å². The molecule has 3 heteroatoms. The summed E-state index contributed by atoms with van der Waals surface area (Å²) in [5, 5.41) is 11.6. The average molecular weight is 357 g/mol. The van der Waals surface area contributed by atoms with Crippen molar-refractivity contribution in [2.75, 3.05) is 0 Å². The molecule has 0 bridgehead atoms. The zero-order valence-corrected chi connectivity index (χ0v) is 16.4. The number of carbonyl (C=O) groups excluding carboxylic acids is 1. The Labute approximate surface area is 156 Å². The molecule has 1 N–H and O–H groups in total. The van der Waals surface area contributed by atoms with Crippen molar-refractivity contribution in [3.63, 3.8) is 0 Å². The molecule has 5 aliphatic carbocycles. The molecule has 5 fully saturated rings. The first kappa shape index (κ1) is 16.3. The molecular formula is C23H32O3. The molecule has 26 heavy (non-hydrogen) atoms. The highest BCUT2D eigenvalue weighted by molar-refractivity contribution is 5.92. The van der Waals surface area contributed by atoms with E-state index in [4.69, 9.17) is 4.74 Å². The Morgan fingerprint density at radius 2 is 2.12 bits per heavy atom. The zero-order valence-electron chi connectivity index (χ0n) is 16.4. The van der Waals surface area contributed by atoms with Gasteiger partial charge in [-0.2, -0.15) is 0 Å². The molecule has 1 spiro atoms. The molecule has 1 aliphatic heterocycles. The number of hydrogen-bond donors (Lipinski definition) is 1. The summed E-state index contributed by atoms with van der Waals surface area (Å²) in [7, 11) is 0. The second-order valence-electron chi connectivity index (χ2n) is 10.9. The van der Waals surface area contributed by atoms with Crippen LogP contribution in [0.1, 0.15) is 72.1 Å². The molecule has 6 rings (SSSR count). The molecule has 142 valence electrons. The number of carbonyl (C=O) groups is 1. The Bertz CT molecular complexity index is 742. The number of aliphatic hydroxyl groups is 1. The van der Waals surface area contributed by atoms with Crippen molar-refractivity contribution in [1.82, 2.24) is 0 Å². The van der Waals surface area contributed by atoms with E-state index in [1.54, 1.807) is 0 Å². The van der Waals surface area contributed by atoms with Crippen molar-refractivity contribution < 1.29 is 14.6 Å². The monoisotopic (exact) mass is 356 g/mol. The van der Waals surface area contributed by atoms with E-state index < -0.39 is 5.60 Å². The lowest BCUT2D eigenvalue weighted by Gasteiger charge is -2.56. The molecule has 0 unspecified atom stereocenters. The number of epoxide rings is 1. The maximum absolute atomic E-state index is 12.1. The lowest BCUT2D eigenvalue weighted by Crippen LogP contribution is -2.60. The second kappa shape index (κ2) is 4.49. The van der Waals surface area contributed by atoms with Gasteiger partial charge in [0.15, 0.2) is 5.78 Å². The fraction of sp³-hybridized carbons (Fsp3) is 0.870. The smallest absolute Gasteiger partial charge is 0.155 e. The lowest BCUT2D eigenvalue weighted by molar-refractivity contribution is -0.122. The van der Waals surface area contributed by atoms with Crippen molar-refractivity contribution in [3.8, 4) is 0 Å². The summed E-state index contributed by atoms with van der Waals surface area (Å²) in [5.74, 6) is 2.82. The Hall–Kier alpha value is -0.670. The van der Waals surface area contributed by atoms with E-state index in [1.165, 1.54) is 12.0 Å². The van der Waals surface area contributed by atoms with Crippen molar-refractivity contribution >= 4 is 5.78 Å². The first-order valence-electron chi connectivity index (χ1n) is 11.0.